The summed E-state index contributed by atoms with van der Waals surface area (Å²) >= 11 is 0. The van der Waals surface area contributed by atoms with Crippen molar-refractivity contribution in [1.82, 2.24) is 0 Å². The van der Waals surface area contributed by atoms with Crippen molar-refractivity contribution < 1.29 is 9.15 Å². The van der Waals surface area contributed by atoms with Crippen molar-refractivity contribution in [2.75, 3.05) is 13.1 Å². The highest BCUT2D eigenvalue weighted by atomic mass is 15.2. The Kier molecular flexibility index (Phi) is 1.78. The van der Waals surface area contributed by atoms with E-state index >= 15 is 0 Å². The molecule has 1 aliphatic heterocycles. The fraction of sp³-hybridized carbons (Fsp3) is 0.429. The Labute approximate surface area is 55.4 Å². The Morgan fingerprint density at radius 1 is 1.78 bits per heavy atom. The Balaban J connectivity index is 2.62. The molecule has 9 heavy (non-hydrogen) atoms. The van der Waals surface area contributed by atoms with Crippen LogP contribution in [0.4, 0.5) is 0 Å². The van der Waals surface area contributed by atoms with Gasteiger partial charge in [0.05, 0.1) is 0 Å². The Morgan fingerprint density at radius 3 is 2.89 bits per heavy atom. The molecule has 0 spiro atoms. The molecule has 2 heteroatoms. The number of rotatable bonds is 2. The van der Waals surface area contributed by atoms with E-state index in [1.807, 2.05) is 17.1 Å². The van der Waals surface area contributed by atoms with Crippen LogP contribution in [-0.4, -0.2) is 34.8 Å². The van der Waals surface area contributed by atoms with Gasteiger partial charge in [-0.25, -0.2) is 0 Å². The van der Waals surface area contributed by atoms with Crippen LogP contribution in [0, 0.1) is 0 Å². The minimum atomic E-state index is 0.970. The van der Waals surface area contributed by atoms with E-state index in [1.165, 1.54) is 0 Å². The quantitative estimate of drug-likeness (QED) is 0.467. The fourth-order valence-electron chi connectivity index (χ4n) is 0.816. The first-order chi connectivity index (χ1) is 4.36. The number of hydrogen-bond donors (Lipinski definition) is 0. The summed E-state index contributed by atoms with van der Waals surface area (Å²) in [6.07, 6.45) is 6.01. The van der Waals surface area contributed by atoms with Crippen LogP contribution in [0.2, 0.25) is 0 Å². The molecule has 0 aromatic heterocycles. The van der Waals surface area contributed by atoms with Gasteiger partial charge < -0.3 is 0 Å². The van der Waals surface area contributed by atoms with Crippen molar-refractivity contribution >= 4 is 12.6 Å². The average Bonchev–Trinajstić information content (AvgIpc) is 2.34. The molecule has 0 saturated carbocycles. The maximum absolute atomic E-state index is 3.66. The summed E-state index contributed by atoms with van der Waals surface area (Å²) < 4.78 is 4.19. The lowest BCUT2D eigenvalue weighted by Gasteiger charge is -1.76. The lowest BCUT2D eigenvalue weighted by Crippen LogP contribution is -2.06. The third kappa shape index (κ3) is 1.25. The third-order valence-electron chi connectivity index (χ3n) is 1.42. The van der Waals surface area contributed by atoms with Gasteiger partial charge in [-0.15, -0.1) is 9.15 Å². The van der Waals surface area contributed by atoms with Gasteiger partial charge in [0, 0.05) is 0 Å². The van der Waals surface area contributed by atoms with Crippen LogP contribution in [0.25, 0.3) is 0 Å². The number of hydrogen-bond acceptors (Lipinski definition) is 0. The van der Waals surface area contributed by atoms with Crippen molar-refractivity contribution in [3.05, 3.63) is 12.8 Å². The zero-order chi connectivity index (χ0) is 6.69. The smallest absolute Gasteiger partial charge is 0.147 e. The molecule has 1 aliphatic rings. The molecule has 48 valence electrons. The van der Waals surface area contributed by atoms with E-state index in [2.05, 4.69) is 24.3 Å². The van der Waals surface area contributed by atoms with E-state index in [0.29, 0.717) is 0 Å². The summed E-state index contributed by atoms with van der Waals surface area (Å²) in [6.45, 7) is 7.80. The maximum atomic E-state index is 3.66. The summed E-state index contributed by atoms with van der Waals surface area (Å²) in [6, 6.07) is 0. The zero-order valence-electron chi connectivity index (χ0n) is 5.75. The van der Waals surface area contributed by atoms with Crippen LogP contribution in [-0.2, 0) is 0 Å². The van der Waals surface area contributed by atoms with Gasteiger partial charge in [0.15, 0.2) is 12.7 Å². The topological polar surface area (TPSA) is 6.02 Å². The molecular weight excluding hydrogens is 112 g/mol. The molecular formula is C7H12N2+2. The fourth-order valence-corrected chi connectivity index (χ4v) is 0.816. The molecule has 0 aromatic rings. The van der Waals surface area contributed by atoms with Gasteiger partial charge in [-0.1, -0.05) is 0 Å². The van der Waals surface area contributed by atoms with Crippen LogP contribution in [0.3, 0.4) is 0 Å². The van der Waals surface area contributed by atoms with Gasteiger partial charge in [0.2, 0.25) is 12.8 Å². The third-order valence-corrected chi connectivity index (χ3v) is 1.42. The van der Waals surface area contributed by atoms with Crippen LogP contribution in [0.1, 0.15) is 6.92 Å². The molecule has 0 amide bonds. The molecule has 0 radical (unpaired) electrons. The lowest BCUT2D eigenvalue weighted by molar-refractivity contribution is -0.480. The Morgan fingerprint density at radius 2 is 2.56 bits per heavy atom. The molecule has 0 aliphatic carbocycles. The molecule has 0 unspecified atom stereocenters. The van der Waals surface area contributed by atoms with Crippen LogP contribution in [0.5, 0.6) is 0 Å². The second kappa shape index (κ2) is 2.58. The molecule has 0 atom stereocenters. The van der Waals surface area contributed by atoms with Crippen molar-refractivity contribution in [3.8, 4) is 0 Å². The highest BCUT2D eigenvalue weighted by molar-refractivity contribution is 5.62. The lowest BCUT2D eigenvalue weighted by atomic mass is 10.6. The predicted octanol–water partition coefficient (Wildman–Crippen LogP) is 0.288. The summed E-state index contributed by atoms with van der Waals surface area (Å²) in [5.41, 5.74) is 0. The zero-order valence-corrected chi connectivity index (χ0v) is 5.75. The Hall–Kier alpha value is -0.920. The molecule has 0 saturated heterocycles. The van der Waals surface area contributed by atoms with Crippen molar-refractivity contribution in [1.29, 1.82) is 0 Å². The maximum Gasteiger partial charge on any atom is 0.407 e. The predicted molar refractivity (Wildman–Crippen MR) is 38.3 cm³/mol. The monoisotopic (exact) mass is 124 g/mol. The van der Waals surface area contributed by atoms with Crippen molar-refractivity contribution in [3.63, 3.8) is 0 Å². The largest absolute Gasteiger partial charge is 0.407 e. The van der Waals surface area contributed by atoms with E-state index in [1.54, 1.807) is 0 Å². The standard InChI is InChI=1S/C7H12N2/c1-3-8-5-6-9(4-2)7-8/h3,6-7H,1,4-5H2,2H3/q+2. The second-order valence-electron chi connectivity index (χ2n) is 2.01. The van der Waals surface area contributed by atoms with Crippen LogP contribution >= 0.6 is 0 Å². The van der Waals surface area contributed by atoms with Gasteiger partial charge >= 0.3 is 6.34 Å². The summed E-state index contributed by atoms with van der Waals surface area (Å²) in [5, 5.41) is 0. The molecule has 2 nitrogen and oxygen atoms in total. The van der Waals surface area contributed by atoms with E-state index < -0.39 is 0 Å². The van der Waals surface area contributed by atoms with Gasteiger partial charge in [-0.2, -0.15) is 0 Å². The summed E-state index contributed by atoms with van der Waals surface area (Å²) in [5.74, 6) is 0. The van der Waals surface area contributed by atoms with Gasteiger partial charge in [0.1, 0.15) is 0 Å². The normalized spacial score (nSPS) is 17.0. The molecule has 0 aromatic carbocycles. The molecule has 0 bridgehead atoms. The van der Waals surface area contributed by atoms with Gasteiger partial charge in [-0.05, 0) is 13.5 Å². The van der Waals surface area contributed by atoms with Gasteiger partial charge in [0.25, 0.3) is 0 Å². The highest BCUT2D eigenvalue weighted by Gasteiger charge is 2.14. The molecule has 0 fully saturated rings. The minimum Gasteiger partial charge on any atom is -0.147 e. The van der Waals surface area contributed by atoms with Crippen molar-refractivity contribution in [2.24, 2.45) is 0 Å². The molecule has 1 heterocycles. The van der Waals surface area contributed by atoms with E-state index in [0.717, 1.165) is 13.1 Å². The summed E-state index contributed by atoms with van der Waals surface area (Å²) in [7, 11) is 0. The average molecular weight is 124 g/mol. The molecule has 1 rings (SSSR count). The van der Waals surface area contributed by atoms with Gasteiger partial charge in [-0.3, -0.25) is 0 Å². The second-order valence-corrected chi connectivity index (χ2v) is 2.01. The Bertz CT molecular complexity index is 177. The van der Waals surface area contributed by atoms with E-state index in [9.17, 15) is 0 Å². The first kappa shape index (κ1) is 6.20. The highest BCUT2D eigenvalue weighted by Crippen LogP contribution is 1.81. The minimum absolute atomic E-state index is 0.970. The molecule has 0 N–H and O–H groups in total. The van der Waals surface area contributed by atoms with E-state index in [4.69, 9.17) is 0 Å². The number of nitrogens with zero attached hydrogens (tertiary/aromatic N) is 2. The SMILES string of the molecule is C=C[N+]1=C[N+](CC)=CC1. The first-order valence-corrected chi connectivity index (χ1v) is 3.19. The van der Waals surface area contributed by atoms with E-state index in [-0.39, 0.29) is 0 Å². The van der Waals surface area contributed by atoms with Crippen molar-refractivity contribution in [2.45, 2.75) is 6.92 Å². The first-order valence-electron chi connectivity index (χ1n) is 3.19. The van der Waals surface area contributed by atoms with Crippen LogP contribution < -0.4 is 0 Å². The summed E-state index contributed by atoms with van der Waals surface area (Å²) in [4.78, 5) is 0. The van der Waals surface area contributed by atoms with Crippen LogP contribution in [0.15, 0.2) is 12.8 Å².